The van der Waals surface area contributed by atoms with Crippen molar-refractivity contribution in [1.82, 2.24) is 9.80 Å². The highest BCUT2D eigenvalue weighted by Crippen LogP contribution is 2.56. The molecule has 0 radical (unpaired) electrons. The third-order valence-corrected chi connectivity index (χ3v) is 8.54. The Morgan fingerprint density at radius 3 is 2.14 bits per heavy atom. The predicted octanol–water partition coefficient (Wildman–Crippen LogP) is 0.228. The molecular formula is C27H36Cl2N4O9. The molecule has 0 bridgehead atoms. The number of ketones is 2. The fourth-order valence-electron chi connectivity index (χ4n) is 6.19. The number of Topliss-reactive ketones (excluding diaryl/α,β-unsaturated/α-hetero) is 2. The van der Waals surface area contributed by atoms with Gasteiger partial charge in [-0.1, -0.05) is 13.0 Å². The first-order valence-electron chi connectivity index (χ1n) is 12.7. The largest absolute Gasteiger partial charge is 0.508 e. The van der Waals surface area contributed by atoms with E-state index in [-0.39, 0.29) is 36.1 Å². The van der Waals surface area contributed by atoms with Crippen molar-refractivity contribution >= 4 is 59.6 Å². The third-order valence-electron chi connectivity index (χ3n) is 8.54. The molecule has 2 amide bonds. The predicted molar refractivity (Wildman–Crippen MR) is 157 cm³/mol. The van der Waals surface area contributed by atoms with Gasteiger partial charge in [0.2, 0.25) is 11.7 Å². The van der Waals surface area contributed by atoms with Crippen LogP contribution in [0.25, 0.3) is 5.76 Å². The van der Waals surface area contributed by atoms with Crippen LogP contribution in [0.3, 0.4) is 0 Å². The molecular weight excluding hydrogens is 595 g/mol. The van der Waals surface area contributed by atoms with E-state index in [4.69, 9.17) is 5.73 Å². The van der Waals surface area contributed by atoms with Gasteiger partial charge in [-0.05, 0) is 52.7 Å². The van der Waals surface area contributed by atoms with Gasteiger partial charge in [0.15, 0.2) is 11.4 Å². The minimum absolute atomic E-state index is 0. The second kappa shape index (κ2) is 11.8. The number of primary amides is 1. The molecule has 3 aliphatic carbocycles. The van der Waals surface area contributed by atoms with Crippen molar-refractivity contribution in [3.8, 4) is 5.75 Å². The summed E-state index contributed by atoms with van der Waals surface area (Å²) in [5.41, 5.74) is 0.917. The first kappa shape index (κ1) is 35.0. The van der Waals surface area contributed by atoms with Crippen LogP contribution in [0.2, 0.25) is 0 Å². The standard InChI is InChI=1S/C27H34N4O9.2ClH/c1-9-11-7-8-12(29-26(39)10(2)30(3)4)19(32)14(11)20(33)15-13(9)21(34)17-18(31(5)6)22(35)16(25(28)38)24(37)27(17,40)23(15)36;;/h7-10,13,17-18,21,32-34,37,40H,1-6H3,(H2,28,38)(H,29,39);2*1H/t9?,10?,13?,17?,18-,21?,27-;;/m0../s1. The molecule has 5 unspecified atom stereocenters. The highest BCUT2D eigenvalue weighted by atomic mass is 35.5. The van der Waals surface area contributed by atoms with Gasteiger partial charge in [0.1, 0.15) is 22.8 Å². The first-order valence-corrected chi connectivity index (χ1v) is 12.7. The van der Waals surface area contributed by atoms with Crippen molar-refractivity contribution in [3.63, 3.8) is 0 Å². The Morgan fingerprint density at radius 2 is 1.64 bits per heavy atom. The van der Waals surface area contributed by atoms with Gasteiger partial charge in [-0.3, -0.25) is 29.0 Å². The number of nitrogens with one attached hydrogen (secondary N) is 1. The molecule has 232 valence electrons. The number of anilines is 1. The number of fused-ring (bicyclic) bond motifs is 3. The summed E-state index contributed by atoms with van der Waals surface area (Å²) >= 11 is 0. The summed E-state index contributed by atoms with van der Waals surface area (Å²) in [6.45, 7) is 3.27. The van der Waals surface area contributed by atoms with E-state index in [9.17, 15) is 44.7 Å². The van der Waals surface area contributed by atoms with E-state index >= 15 is 0 Å². The SMILES string of the molecule is CC1c2ccc(NC(=O)C(C)N(C)C)c(O)c2C(O)=C2C(=O)[C@]3(O)C(O)=C(C(N)=O)C(=O)[C@@H](N(C)C)C3C(O)C21.Cl.Cl. The number of aromatic hydroxyl groups is 1. The number of nitrogens with two attached hydrogens (primary N) is 1. The first-order chi connectivity index (χ1) is 18.5. The Balaban J connectivity index is 0.00000308. The molecule has 4 rings (SSSR count). The number of phenols is 1. The molecule has 1 fully saturated rings. The van der Waals surface area contributed by atoms with E-state index in [1.807, 2.05) is 0 Å². The number of carbonyl (C=O) groups excluding carboxylic acids is 4. The Labute approximate surface area is 254 Å². The summed E-state index contributed by atoms with van der Waals surface area (Å²) in [5.74, 6) is -10.2. The quantitative estimate of drug-likeness (QED) is 0.173. The number of benzene rings is 1. The van der Waals surface area contributed by atoms with E-state index in [1.165, 1.54) is 31.1 Å². The Bertz CT molecular complexity index is 1410. The molecule has 1 saturated carbocycles. The molecule has 7 atom stereocenters. The number of phenolic OH excluding ortho intramolecular Hbond substituents is 1. The van der Waals surface area contributed by atoms with E-state index in [2.05, 4.69) is 5.32 Å². The van der Waals surface area contributed by atoms with Crippen molar-refractivity contribution in [1.29, 1.82) is 0 Å². The summed E-state index contributed by atoms with van der Waals surface area (Å²) in [6.07, 6.45) is -1.68. The maximum atomic E-state index is 14.0. The normalized spacial score (nSPS) is 29.2. The van der Waals surface area contributed by atoms with Crippen LogP contribution in [-0.4, -0.2) is 111 Å². The number of halogens is 2. The van der Waals surface area contributed by atoms with Crippen LogP contribution in [-0.2, 0) is 19.2 Å². The lowest BCUT2D eigenvalue weighted by molar-refractivity contribution is -0.169. The lowest BCUT2D eigenvalue weighted by Crippen LogP contribution is -2.70. The van der Waals surface area contributed by atoms with Crippen molar-refractivity contribution < 1.29 is 44.7 Å². The summed E-state index contributed by atoms with van der Waals surface area (Å²) < 4.78 is 0. The zero-order valence-electron chi connectivity index (χ0n) is 23.8. The fraction of sp³-hybridized carbons (Fsp3) is 0.481. The second-order valence-corrected chi connectivity index (χ2v) is 11.1. The highest BCUT2D eigenvalue weighted by Gasteiger charge is 2.68. The van der Waals surface area contributed by atoms with Crippen molar-refractivity contribution in [2.45, 2.75) is 43.6 Å². The molecule has 0 heterocycles. The number of rotatable bonds is 5. The van der Waals surface area contributed by atoms with Crippen molar-refractivity contribution in [3.05, 3.63) is 40.2 Å². The lowest BCUT2D eigenvalue weighted by Gasteiger charge is -2.53. The van der Waals surface area contributed by atoms with Crippen LogP contribution >= 0.6 is 24.8 Å². The molecule has 1 aromatic rings. The molecule has 1 aromatic carbocycles. The number of hydrogen-bond acceptors (Lipinski definition) is 11. The summed E-state index contributed by atoms with van der Waals surface area (Å²) in [6, 6.07) is 0.958. The number of aliphatic hydroxyl groups excluding tert-OH is 3. The fourth-order valence-corrected chi connectivity index (χ4v) is 6.19. The number of amides is 2. The molecule has 15 heteroatoms. The Morgan fingerprint density at radius 1 is 1.07 bits per heavy atom. The van der Waals surface area contributed by atoms with Crippen LogP contribution in [0.1, 0.15) is 30.9 Å². The monoisotopic (exact) mass is 630 g/mol. The van der Waals surface area contributed by atoms with Gasteiger partial charge in [-0.2, -0.15) is 0 Å². The Hall–Kier alpha value is -3.20. The topological polar surface area (TPSA) is 214 Å². The molecule has 13 nitrogen and oxygen atoms in total. The van der Waals surface area contributed by atoms with Gasteiger partial charge >= 0.3 is 0 Å². The van der Waals surface area contributed by atoms with Gasteiger partial charge in [-0.25, -0.2) is 0 Å². The summed E-state index contributed by atoms with van der Waals surface area (Å²) in [7, 11) is 6.27. The van der Waals surface area contributed by atoms with Gasteiger partial charge in [0.05, 0.1) is 35.4 Å². The zero-order chi connectivity index (χ0) is 30.2. The molecule has 0 saturated heterocycles. The van der Waals surface area contributed by atoms with Crippen LogP contribution in [0.4, 0.5) is 5.69 Å². The average Bonchev–Trinajstić information content (AvgIpc) is 2.86. The lowest BCUT2D eigenvalue weighted by atomic mass is 9.54. The third kappa shape index (κ3) is 4.74. The number of hydrogen-bond donors (Lipinski definition) is 7. The smallest absolute Gasteiger partial charge is 0.255 e. The molecule has 42 heavy (non-hydrogen) atoms. The van der Waals surface area contributed by atoms with Crippen LogP contribution < -0.4 is 11.1 Å². The van der Waals surface area contributed by atoms with E-state index in [0.29, 0.717) is 5.56 Å². The zero-order valence-corrected chi connectivity index (χ0v) is 25.4. The molecule has 8 N–H and O–H groups in total. The van der Waals surface area contributed by atoms with Gasteiger partial charge in [-0.15, -0.1) is 24.8 Å². The summed E-state index contributed by atoms with van der Waals surface area (Å²) in [4.78, 5) is 54.9. The number of aliphatic hydroxyl groups is 4. The Kier molecular flexibility index (Phi) is 9.85. The maximum Gasteiger partial charge on any atom is 0.255 e. The van der Waals surface area contributed by atoms with Crippen LogP contribution in [0.15, 0.2) is 29.0 Å². The van der Waals surface area contributed by atoms with E-state index in [1.54, 1.807) is 32.8 Å². The molecule has 3 aliphatic rings. The van der Waals surface area contributed by atoms with E-state index in [0.717, 1.165) is 0 Å². The highest BCUT2D eigenvalue weighted by molar-refractivity contribution is 6.24. The second-order valence-electron chi connectivity index (χ2n) is 11.1. The molecule has 0 aliphatic heterocycles. The van der Waals surface area contributed by atoms with E-state index < -0.39 is 93.3 Å². The maximum absolute atomic E-state index is 14.0. The van der Waals surface area contributed by atoms with Crippen LogP contribution in [0, 0.1) is 11.8 Å². The average molecular weight is 632 g/mol. The van der Waals surface area contributed by atoms with Gasteiger partial charge in [0, 0.05) is 11.5 Å². The number of likely N-dealkylation sites (N-methyl/N-ethyl adjacent to an activating group) is 2. The van der Waals surface area contributed by atoms with Crippen molar-refractivity contribution in [2.75, 3.05) is 33.5 Å². The number of carbonyl (C=O) groups is 4. The van der Waals surface area contributed by atoms with Gasteiger partial charge < -0.3 is 36.6 Å². The molecule has 0 spiro atoms. The number of nitrogens with zero attached hydrogens (tertiary/aromatic N) is 2. The van der Waals surface area contributed by atoms with Crippen molar-refractivity contribution in [2.24, 2.45) is 17.6 Å². The minimum Gasteiger partial charge on any atom is -0.508 e. The summed E-state index contributed by atoms with van der Waals surface area (Å²) in [5, 5.41) is 59.4. The van der Waals surface area contributed by atoms with Crippen LogP contribution in [0.5, 0.6) is 5.75 Å². The van der Waals surface area contributed by atoms with Gasteiger partial charge in [0.25, 0.3) is 5.91 Å². The minimum atomic E-state index is -2.99. The molecule has 0 aromatic heterocycles.